The topological polar surface area (TPSA) is 20.2 Å². The maximum Gasteiger partial charge on any atom is 0.0707 e. The minimum atomic E-state index is -0.485. The predicted molar refractivity (Wildman–Crippen MR) is 75.1 cm³/mol. The number of hydrogen-bond donors (Lipinski definition) is 1. The molecule has 1 aliphatic carbocycles. The first-order valence-electron chi connectivity index (χ1n) is 7.58. The first-order valence-corrected chi connectivity index (χ1v) is 7.58. The molecule has 1 aliphatic rings. The van der Waals surface area contributed by atoms with Crippen molar-refractivity contribution in [3.63, 3.8) is 0 Å². The monoisotopic (exact) mass is 238 g/mol. The summed E-state index contributed by atoms with van der Waals surface area (Å²) < 4.78 is 0. The van der Waals surface area contributed by atoms with Gasteiger partial charge in [-0.05, 0) is 19.3 Å². The van der Waals surface area contributed by atoms with Crippen LogP contribution in [0, 0.1) is 5.92 Å². The largest absolute Gasteiger partial charge is 0.389 e. The zero-order valence-corrected chi connectivity index (χ0v) is 11.6. The molecule has 1 nitrogen and oxygen atoms in total. The summed E-state index contributed by atoms with van der Waals surface area (Å²) in [7, 11) is 0. The van der Waals surface area contributed by atoms with E-state index in [1.54, 1.807) is 0 Å². The number of hydrogen-bond acceptors (Lipinski definition) is 1. The molecular formula is C16H30O. The van der Waals surface area contributed by atoms with Crippen molar-refractivity contribution in [1.82, 2.24) is 0 Å². The van der Waals surface area contributed by atoms with E-state index in [-0.39, 0.29) is 0 Å². The van der Waals surface area contributed by atoms with Gasteiger partial charge in [0.15, 0.2) is 0 Å². The fourth-order valence-electron chi connectivity index (χ4n) is 3.09. The van der Waals surface area contributed by atoms with Gasteiger partial charge in [-0.2, -0.15) is 0 Å². The van der Waals surface area contributed by atoms with E-state index in [4.69, 9.17) is 0 Å². The van der Waals surface area contributed by atoms with Gasteiger partial charge >= 0.3 is 0 Å². The van der Waals surface area contributed by atoms with Gasteiger partial charge < -0.3 is 5.11 Å². The van der Waals surface area contributed by atoms with Gasteiger partial charge in [0.1, 0.15) is 0 Å². The highest BCUT2D eigenvalue weighted by atomic mass is 16.3. The second-order valence-corrected chi connectivity index (χ2v) is 5.67. The normalized spacial score (nSPS) is 33.4. The van der Waals surface area contributed by atoms with Gasteiger partial charge in [-0.15, -0.1) is 6.58 Å². The van der Waals surface area contributed by atoms with Crippen LogP contribution in [0.4, 0.5) is 0 Å². The third-order valence-corrected chi connectivity index (χ3v) is 4.46. The molecule has 0 bridgehead atoms. The molecule has 1 saturated carbocycles. The summed E-state index contributed by atoms with van der Waals surface area (Å²) in [5.74, 6) is 0.298. The lowest BCUT2D eigenvalue weighted by molar-refractivity contribution is -0.0182. The number of rotatable bonds is 2. The molecule has 0 aromatic heterocycles. The van der Waals surface area contributed by atoms with Crippen LogP contribution < -0.4 is 0 Å². The van der Waals surface area contributed by atoms with Crippen molar-refractivity contribution >= 4 is 0 Å². The Kier molecular flexibility index (Phi) is 6.87. The molecule has 0 amide bonds. The molecule has 1 fully saturated rings. The maximum absolute atomic E-state index is 10.8. The molecule has 0 saturated heterocycles. The maximum atomic E-state index is 10.8. The van der Waals surface area contributed by atoms with Crippen LogP contribution >= 0.6 is 0 Å². The van der Waals surface area contributed by atoms with E-state index < -0.39 is 5.60 Å². The van der Waals surface area contributed by atoms with Crippen LogP contribution in [0.2, 0.25) is 0 Å². The fraction of sp³-hybridized carbons (Fsp3) is 0.875. The van der Waals surface area contributed by atoms with Crippen molar-refractivity contribution < 1.29 is 5.11 Å². The van der Waals surface area contributed by atoms with Crippen LogP contribution in [0.5, 0.6) is 0 Å². The minimum absolute atomic E-state index is 0.298. The molecule has 1 rings (SSSR count). The van der Waals surface area contributed by atoms with Crippen molar-refractivity contribution in [2.45, 2.75) is 83.2 Å². The molecule has 100 valence electrons. The van der Waals surface area contributed by atoms with Crippen molar-refractivity contribution in [2.75, 3.05) is 0 Å². The van der Waals surface area contributed by atoms with E-state index in [1.165, 1.54) is 51.4 Å². The van der Waals surface area contributed by atoms with Crippen LogP contribution in [-0.2, 0) is 0 Å². The van der Waals surface area contributed by atoms with E-state index in [9.17, 15) is 5.11 Å². The smallest absolute Gasteiger partial charge is 0.0707 e. The molecule has 0 aromatic rings. The molecule has 0 spiro atoms. The molecule has 0 heterocycles. The molecule has 2 unspecified atom stereocenters. The van der Waals surface area contributed by atoms with Gasteiger partial charge in [-0.25, -0.2) is 0 Å². The van der Waals surface area contributed by atoms with Crippen LogP contribution in [0.3, 0.4) is 0 Å². The Morgan fingerprint density at radius 2 is 1.59 bits per heavy atom. The third-order valence-electron chi connectivity index (χ3n) is 4.46. The first kappa shape index (κ1) is 14.8. The van der Waals surface area contributed by atoms with Crippen molar-refractivity contribution in [1.29, 1.82) is 0 Å². The highest BCUT2D eigenvalue weighted by Crippen LogP contribution is 2.33. The van der Waals surface area contributed by atoms with Crippen LogP contribution in [-0.4, -0.2) is 10.7 Å². The zero-order valence-electron chi connectivity index (χ0n) is 11.6. The third kappa shape index (κ3) is 4.83. The molecule has 1 heteroatoms. The van der Waals surface area contributed by atoms with E-state index in [1.807, 2.05) is 6.08 Å². The van der Waals surface area contributed by atoms with E-state index in [2.05, 4.69) is 13.5 Å². The highest BCUT2D eigenvalue weighted by molar-refractivity contribution is 4.95. The standard InChI is InChI=1S/C16H30O/c1-3-15-13-11-9-7-5-6-8-10-12-14-16(15,17)4-2/h3,15,17H,1,4-14H2,2H3. The Balaban J connectivity index is 2.58. The van der Waals surface area contributed by atoms with Crippen molar-refractivity contribution in [3.8, 4) is 0 Å². The summed E-state index contributed by atoms with van der Waals surface area (Å²) >= 11 is 0. The van der Waals surface area contributed by atoms with Crippen LogP contribution in [0.1, 0.15) is 77.6 Å². The second kappa shape index (κ2) is 7.92. The average molecular weight is 238 g/mol. The quantitative estimate of drug-likeness (QED) is 0.682. The van der Waals surface area contributed by atoms with Gasteiger partial charge in [0.05, 0.1) is 5.60 Å². The Morgan fingerprint density at radius 3 is 2.12 bits per heavy atom. The molecular weight excluding hydrogens is 208 g/mol. The lowest BCUT2D eigenvalue weighted by Gasteiger charge is -2.34. The Bertz CT molecular complexity index is 212. The lowest BCUT2D eigenvalue weighted by atomic mass is 9.78. The SMILES string of the molecule is C=CC1CCCCCCCCCCC1(O)CC. The minimum Gasteiger partial charge on any atom is -0.389 e. The van der Waals surface area contributed by atoms with Crippen LogP contribution in [0.25, 0.3) is 0 Å². The Morgan fingerprint density at radius 1 is 1.06 bits per heavy atom. The zero-order chi connectivity index (χ0) is 12.6. The Labute approximate surface area is 107 Å². The van der Waals surface area contributed by atoms with E-state index in [0.717, 1.165) is 19.3 Å². The predicted octanol–water partition coefficient (Wildman–Crippen LogP) is 4.84. The molecule has 2 atom stereocenters. The first-order chi connectivity index (χ1) is 8.23. The summed E-state index contributed by atoms with van der Waals surface area (Å²) in [6.07, 6.45) is 15.5. The highest BCUT2D eigenvalue weighted by Gasteiger charge is 2.31. The van der Waals surface area contributed by atoms with Crippen LogP contribution in [0.15, 0.2) is 12.7 Å². The average Bonchev–Trinajstić information content (AvgIpc) is 2.34. The molecule has 1 N–H and O–H groups in total. The number of aliphatic hydroxyl groups is 1. The lowest BCUT2D eigenvalue weighted by Crippen LogP contribution is -2.36. The summed E-state index contributed by atoms with van der Waals surface area (Å²) in [5, 5.41) is 10.8. The fourth-order valence-corrected chi connectivity index (χ4v) is 3.09. The molecule has 0 aromatic carbocycles. The van der Waals surface area contributed by atoms with Gasteiger partial charge in [0.2, 0.25) is 0 Å². The van der Waals surface area contributed by atoms with E-state index in [0.29, 0.717) is 5.92 Å². The molecule has 17 heavy (non-hydrogen) atoms. The summed E-state index contributed by atoms with van der Waals surface area (Å²) in [6, 6.07) is 0. The van der Waals surface area contributed by atoms with Gasteiger partial charge in [0.25, 0.3) is 0 Å². The van der Waals surface area contributed by atoms with Crippen molar-refractivity contribution in [3.05, 3.63) is 12.7 Å². The summed E-state index contributed by atoms with van der Waals surface area (Å²) in [6.45, 7) is 6.05. The summed E-state index contributed by atoms with van der Waals surface area (Å²) in [5.41, 5.74) is -0.485. The Hall–Kier alpha value is -0.300. The van der Waals surface area contributed by atoms with Gasteiger partial charge in [-0.3, -0.25) is 0 Å². The van der Waals surface area contributed by atoms with Gasteiger partial charge in [0, 0.05) is 5.92 Å². The second-order valence-electron chi connectivity index (χ2n) is 5.67. The van der Waals surface area contributed by atoms with E-state index >= 15 is 0 Å². The molecule has 0 radical (unpaired) electrons. The van der Waals surface area contributed by atoms with Gasteiger partial charge in [-0.1, -0.05) is 64.4 Å². The summed E-state index contributed by atoms with van der Waals surface area (Å²) in [4.78, 5) is 0. The molecule has 0 aliphatic heterocycles. The van der Waals surface area contributed by atoms with Crippen molar-refractivity contribution in [2.24, 2.45) is 5.92 Å².